The highest BCUT2D eigenvalue weighted by atomic mass is 79.9. The summed E-state index contributed by atoms with van der Waals surface area (Å²) in [6, 6.07) is 5.37. The van der Waals surface area contributed by atoms with Crippen molar-refractivity contribution in [1.29, 1.82) is 5.26 Å². The van der Waals surface area contributed by atoms with Gasteiger partial charge in [0.05, 0.1) is 22.2 Å². The van der Waals surface area contributed by atoms with Crippen molar-refractivity contribution in [1.82, 2.24) is 9.88 Å². The van der Waals surface area contributed by atoms with Gasteiger partial charge in [-0.2, -0.15) is 5.26 Å². The highest BCUT2D eigenvalue weighted by Crippen LogP contribution is 2.40. The first kappa shape index (κ1) is 21.1. The molecular formula is C21H21BrClFN4O2. The van der Waals surface area contributed by atoms with E-state index >= 15 is 0 Å². The summed E-state index contributed by atoms with van der Waals surface area (Å²) < 4.78 is 20.6. The molecule has 2 aliphatic rings. The Morgan fingerprint density at radius 3 is 2.53 bits per heavy atom. The van der Waals surface area contributed by atoms with Gasteiger partial charge in [-0.15, -0.1) is 0 Å². The highest BCUT2D eigenvalue weighted by Gasteiger charge is 2.45. The fourth-order valence-electron chi connectivity index (χ4n) is 4.35. The third-order valence-electron chi connectivity index (χ3n) is 5.49. The Morgan fingerprint density at radius 2 is 1.97 bits per heavy atom. The van der Waals surface area contributed by atoms with E-state index in [1.165, 1.54) is 0 Å². The minimum Gasteiger partial charge on any atom is -0.444 e. The second kappa shape index (κ2) is 7.54. The maximum Gasteiger partial charge on any atom is 0.410 e. The molecule has 158 valence electrons. The first-order chi connectivity index (χ1) is 14.1. The summed E-state index contributed by atoms with van der Waals surface area (Å²) in [5.41, 5.74) is 0.336. The monoisotopic (exact) mass is 494 g/mol. The predicted molar refractivity (Wildman–Crippen MR) is 116 cm³/mol. The molecule has 2 saturated heterocycles. The van der Waals surface area contributed by atoms with E-state index in [2.05, 4.69) is 27.0 Å². The van der Waals surface area contributed by atoms with Crippen LogP contribution in [0.25, 0.3) is 10.9 Å². The fourth-order valence-corrected chi connectivity index (χ4v) is 4.89. The van der Waals surface area contributed by atoms with Crippen LogP contribution in [0.3, 0.4) is 0 Å². The van der Waals surface area contributed by atoms with E-state index in [0.29, 0.717) is 24.2 Å². The van der Waals surface area contributed by atoms with Crippen LogP contribution < -0.4 is 4.90 Å². The van der Waals surface area contributed by atoms with Crippen molar-refractivity contribution in [2.75, 3.05) is 18.0 Å². The second-order valence-electron chi connectivity index (χ2n) is 8.67. The number of halogens is 3. The molecule has 2 aliphatic heterocycles. The zero-order valence-electron chi connectivity index (χ0n) is 16.9. The maximum atomic E-state index is 14.7. The summed E-state index contributed by atoms with van der Waals surface area (Å²) in [5.74, 6) is -0.518. The lowest BCUT2D eigenvalue weighted by Crippen LogP contribution is -2.57. The van der Waals surface area contributed by atoms with Crippen LogP contribution in [0.15, 0.2) is 16.6 Å². The van der Waals surface area contributed by atoms with Gasteiger partial charge in [-0.05, 0) is 61.7 Å². The van der Waals surface area contributed by atoms with E-state index < -0.39 is 11.4 Å². The number of hydrogen-bond acceptors (Lipinski definition) is 5. The second-order valence-corrected chi connectivity index (χ2v) is 9.89. The summed E-state index contributed by atoms with van der Waals surface area (Å²) in [7, 11) is 0. The van der Waals surface area contributed by atoms with Crippen LogP contribution in [0.5, 0.6) is 0 Å². The molecule has 2 unspecified atom stereocenters. The van der Waals surface area contributed by atoms with Crippen LogP contribution in [0.1, 0.15) is 39.2 Å². The van der Waals surface area contributed by atoms with Gasteiger partial charge in [-0.3, -0.25) is 4.90 Å². The van der Waals surface area contributed by atoms with E-state index in [-0.39, 0.29) is 38.9 Å². The average molecular weight is 496 g/mol. The Labute approximate surface area is 187 Å². The van der Waals surface area contributed by atoms with Crippen molar-refractivity contribution in [2.45, 2.75) is 51.3 Å². The summed E-state index contributed by atoms with van der Waals surface area (Å²) >= 11 is 9.44. The summed E-state index contributed by atoms with van der Waals surface area (Å²) in [4.78, 5) is 20.7. The molecule has 30 heavy (non-hydrogen) atoms. The Balaban J connectivity index is 1.74. The normalized spacial score (nSPS) is 21.1. The van der Waals surface area contributed by atoms with Gasteiger partial charge < -0.3 is 9.64 Å². The quantitative estimate of drug-likeness (QED) is 0.506. The molecule has 1 aromatic carbocycles. The van der Waals surface area contributed by atoms with Crippen LogP contribution in [0, 0.1) is 17.1 Å². The summed E-state index contributed by atoms with van der Waals surface area (Å²) in [6.07, 6.45) is 1.38. The fraction of sp³-hybridized carbons (Fsp3) is 0.476. The molecule has 2 bridgehead atoms. The highest BCUT2D eigenvalue weighted by molar-refractivity contribution is 9.10. The molecule has 1 aromatic heterocycles. The topological polar surface area (TPSA) is 69.5 Å². The van der Waals surface area contributed by atoms with Crippen molar-refractivity contribution in [3.05, 3.63) is 33.1 Å². The summed E-state index contributed by atoms with van der Waals surface area (Å²) in [5, 5.41) is 10.2. The number of anilines is 1. The van der Waals surface area contributed by atoms with Gasteiger partial charge in [0, 0.05) is 18.5 Å². The number of amides is 1. The van der Waals surface area contributed by atoms with Crippen LogP contribution in [0.2, 0.25) is 5.15 Å². The first-order valence-electron chi connectivity index (χ1n) is 9.74. The molecule has 0 radical (unpaired) electrons. The van der Waals surface area contributed by atoms with E-state index in [0.717, 1.165) is 12.8 Å². The molecule has 3 heterocycles. The molecular weight excluding hydrogens is 475 g/mol. The van der Waals surface area contributed by atoms with Crippen LogP contribution in [0.4, 0.5) is 14.9 Å². The Hall–Kier alpha value is -2.11. The Morgan fingerprint density at radius 1 is 1.33 bits per heavy atom. The SMILES string of the molecule is CC(C)(C)OC(=O)N1C2CCC1CN(c1c(C#N)c(Cl)nc3c(F)c(Br)ccc13)C2. The molecule has 1 amide bonds. The van der Waals surface area contributed by atoms with Gasteiger partial charge in [0.25, 0.3) is 0 Å². The van der Waals surface area contributed by atoms with Crippen LogP contribution in [-0.2, 0) is 4.74 Å². The van der Waals surface area contributed by atoms with Crippen molar-refractivity contribution in [3.63, 3.8) is 0 Å². The number of aromatic nitrogens is 1. The van der Waals surface area contributed by atoms with Gasteiger partial charge in [0.1, 0.15) is 27.9 Å². The third-order valence-corrected chi connectivity index (χ3v) is 6.38. The molecule has 9 heteroatoms. The number of rotatable bonds is 1. The molecule has 0 saturated carbocycles. The van der Waals surface area contributed by atoms with Gasteiger partial charge in [0.2, 0.25) is 0 Å². The number of pyridine rings is 1. The predicted octanol–water partition coefficient (Wildman–Crippen LogP) is 5.25. The molecule has 4 rings (SSSR count). The average Bonchev–Trinajstić information content (AvgIpc) is 2.93. The number of carbonyl (C=O) groups is 1. The number of benzene rings is 1. The number of nitrogens with zero attached hydrogens (tertiary/aromatic N) is 4. The molecule has 2 atom stereocenters. The Kier molecular flexibility index (Phi) is 5.31. The van der Waals surface area contributed by atoms with Crippen LogP contribution in [-0.4, -0.2) is 46.8 Å². The van der Waals surface area contributed by atoms with Crippen molar-refractivity contribution in [2.24, 2.45) is 0 Å². The Bertz CT molecular complexity index is 1070. The lowest BCUT2D eigenvalue weighted by Gasteiger charge is -2.42. The van der Waals surface area contributed by atoms with Gasteiger partial charge in [0.15, 0.2) is 5.82 Å². The lowest BCUT2D eigenvalue weighted by atomic mass is 10.1. The minimum absolute atomic E-state index is 0.0288. The molecule has 0 spiro atoms. The number of ether oxygens (including phenoxy) is 1. The smallest absolute Gasteiger partial charge is 0.410 e. The standard InChI is InChI=1S/C21H21BrClFN4O2/c1-21(2,3)30-20(29)28-11-4-5-12(28)10-27(9-11)18-13-6-7-15(22)16(24)17(13)26-19(23)14(18)8-25/h6-7,11-12H,4-5,9-10H2,1-3H3. The van der Waals surface area contributed by atoms with Crippen molar-refractivity contribution < 1.29 is 13.9 Å². The van der Waals surface area contributed by atoms with E-state index in [9.17, 15) is 14.4 Å². The lowest BCUT2D eigenvalue weighted by molar-refractivity contribution is 0.0123. The number of hydrogen-bond donors (Lipinski definition) is 0. The zero-order chi connectivity index (χ0) is 21.8. The van der Waals surface area contributed by atoms with Gasteiger partial charge >= 0.3 is 6.09 Å². The zero-order valence-corrected chi connectivity index (χ0v) is 19.2. The molecule has 0 N–H and O–H groups in total. The van der Waals surface area contributed by atoms with Gasteiger partial charge in [-0.1, -0.05) is 11.6 Å². The van der Waals surface area contributed by atoms with Gasteiger partial charge in [-0.25, -0.2) is 14.2 Å². The third kappa shape index (κ3) is 3.58. The number of piperazine rings is 1. The van der Waals surface area contributed by atoms with E-state index in [4.69, 9.17) is 16.3 Å². The number of fused-ring (bicyclic) bond motifs is 3. The number of nitriles is 1. The van der Waals surface area contributed by atoms with Crippen molar-refractivity contribution in [3.8, 4) is 6.07 Å². The van der Waals surface area contributed by atoms with Crippen molar-refractivity contribution >= 4 is 50.2 Å². The largest absolute Gasteiger partial charge is 0.444 e. The van der Waals surface area contributed by atoms with E-state index in [1.807, 2.05) is 30.6 Å². The minimum atomic E-state index is -0.568. The maximum absolute atomic E-state index is 14.7. The molecule has 2 aromatic rings. The molecule has 0 aliphatic carbocycles. The first-order valence-corrected chi connectivity index (χ1v) is 10.9. The molecule has 6 nitrogen and oxygen atoms in total. The van der Waals surface area contributed by atoms with Crippen LogP contribution >= 0.6 is 27.5 Å². The molecule has 2 fully saturated rings. The number of carbonyl (C=O) groups excluding carboxylic acids is 1. The summed E-state index contributed by atoms with van der Waals surface area (Å²) in [6.45, 7) is 6.56. The van der Waals surface area contributed by atoms with E-state index in [1.54, 1.807) is 12.1 Å².